The number of carbonyl (C=O) groups is 2. The first kappa shape index (κ1) is 17.3. The predicted octanol–water partition coefficient (Wildman–Crippen LogP) is 3.41. The lowest BCUT2D eigenvalue weighted by atomic mass is 10.2. The number of anilines is 1. The number of rotatable bonds is 5. The second-order valence-electron chi connectivity index (χ2n) is 4.71. The topological polar surface area (TPSA) is 79.2 Å². The van der Waals surface area contributed by atoms with Crippen molar-refractivity contribution in [2.24, 2.45) is 0 Å². The van der Waals surface area contributed by atoms with Crippen LogP contribution >= 0.6 is 11.6 Å². The minimum absolute atomic E-state index is 0.234. The first-order chi connectivity index (χ1) is 11.6. The Morgan fingerprint density at radius 1 is 1.21 bits per heavy atom. The molecule has 24 heavy (non-hydrogen) atoms. The minimum atomic E-state index is -0.619. The molecule has 120 valence electrons. The molecule has 2 aromatic rings. The molecular formula is C18H13ClN2O3. The number of amides is 1. The third kappa shape index (κ3) is 5.27. The van der Waals surface area contributed by atoms with Gasteiger partial charge in [0.2, 0.25) is 0 Å². The summed E-state index contributed by atoms with van der Waals surface area (Å²) in [5.41, 5.74) is 1.58. The van der Waals surface area contributed by atoms with Gasteiger partial charge in [-0.3, -0.25) is 4.79 Å². The first-order valence-electron chi connectivity index (χ1n) is 6.98. The number of nitrogens with one attached hydrogen (secondary N) is 1. The van der Waals surface area contributed by atoms with Gasteiger partial charge in [0.25, 0.3) is 5.91 Å². The molecule has 1 N–H and O–H groups in total. The first-order valence-corrected chi connectivity index (χ1v) is 7.35. The second kappa shape index (κ2) is 8.51. The molecule has 0 heterocycles. The van der Waals surface area contributed by atoms with Crippen LogP contribution in [0.2, 0.25) is 5.02 Å². The van der Waals surface area contributed by atoms with E-state index in [0.717, 1.165) is 5.56 Å². The zero-order chi connectivity index (χ0) is 17.4. The van der Waals surface area contributed by atoms with Crippen LogP contribution in [-0.2, 0) is 14.3 Å². The molecule has 0 fully saturated rings. The third-order valence-corrected chi connectivity index (χ3v) is 3.24. The van der Waals surface area contributed by atoms with E-state index in [1.807, 2.05) is 36.4 Å². The summed E-state index contributed by atoms with van der Waals surface area (Å²) in [7, 11) is 0. The summed E-state index contributed by atoms with van der Waals surface area (Å²) < 4.78 is 4.85. The van der Waals surface area contributed by atoms with Gasteiger partial charge < -0.3 is 10.1 Å². The highest BCUT2D eigenvalue weighted by Gasteiger charge is 2.07. The van der Waals surface area contributed by atoms with Gasteiger partial charge in [-0.25, -0.2) is 4.79 Å². The third-order valence-electron chi connectivity index (χ3n) is 2.93. The van der Waals surface area contributed by atoms with Crippen molar-refractivity contribution in [1.82, 2.24) is 0 Å². The highest BCUT2D eigenvalue weighted by molar-refractivity contribution is 6.32. The molecule has 0 saturated heterocycles. The van der Waals surface area contributed by atoms with Gasteiger partial charge in [-0.2, -0.15) is 5.26 Å². The fourth-order valence-corrected chi connectivity index (χ4v) is 2.02. The van der Waals surface area contributed by atoms with Crippen LogP contribution in [0.3, 0.4) is 0 Å². The number of nitrogens with zero attached hydrogens (tertiary/aromatic N) is 1. The lowest BCUT2D eigenvalue weighted by molar-refractivity contribution is -0.142. The molecule has 0 spiro atoms. The summed E-state index contributed by atoms with van der Waals surface area (Å²) in [6, 6.07) is 15.7. The summed E-state index contributed by atoms with van der Waals surface area (Å²) in [5.74, 6) is -1.12. The normalized spacial score (nSPS) is 10.2. The fraction of sp³-hybridized carbons (Fsp3) is 0.0556. The predicted molar refractivity (Wildman–Crippen MR) is 91.2 cm³/mol. The van der Waals surface area contributed by atoms with Crippen LogP contribution in [0, 0.1) is 11.3 Å². The van der Waals surface area contributed by atoms with E-state index >= 15 is 0 Å². The molecule has 0 aromatic heterocycles. The van der Waals surface area contributed by atoms with Crippen LogP contribution in [0.15, 0.2) is 54.6 Å². The Labute approximate surface area is 144 Å². The molecule has 0 radical (unpaired) electrons. The van der Waals surface area contributed by atoms with Gasteiger partial charge in [-0.05, 0) is 29.8 Å². The van der Waals surface area contributed by atoms with Gasteiger partial charge in [-0.15, -0.1) is 0 Å². The Balaban J connectivity index is 1.83. The molecule has 2 rings (SSSR count). The molecule has 6 heteroatoms. The smallest absolute Gasteiger partial charge is 0.331 e. The van der Waals surface area contributed by atoms with Crippen molar-refractivity contribution in [2.75, 3.05) is 11.9 Å². The van der Waals surface area contributed by atoms with Crippen LogP contribution in [-0.4, -0.2) is 18.5 Å². The van der Waals surface area contributed by atoms with Crippen molar-refractivity contribution < 1.29 is 14.3 Å². The summed E-state index contributed by atoms with van der Waals surface area (Å²) in [6.07, 6.45) is 2.85. The number of benzene rings is 2. The summed E-state index contributed by atoms with van der Waals surface area (Å²) >= 11 is 5.87. The summed E-state index contributed by atoms with van der Waals surface area (Å²) in [5, 5.41) is 11.5. The van der Waals surface area contributed by atoms with Gasteiger partial charge in [0.1, 0.15) is 6.07 Å². The molecule has 0 aliphatic rings. The maximum atomic E-state index is 11.7. The van der Waals surface area contributed by atoms with E-state index in [9.17, 15) is 9.59 Å². The Hall–Kier alpha value is -3.10. The summed E-state index contributed by atoms with van der Waals surface area (Å²) in [4.78, 5) is 23.3. The highest BCUT2D eigenvalue weighted by Crippen LogP contribution is 2.20. The van der Waals surface area contributed by atoms with Gasteiger partial charge in [0.05, 0.1) is 10.6 Å². The van der Waals surface area contributed by atoms with Crippen molar-refractivity contribution in [3.63, 3.8) is 0 Å². The second-order valence-corrected chi connectivity index (χ2v) is 5.11. The molecule has 0 unspecified atom stereocenters. The minimum Gasteiger partial charge on any atom is -0.452 e. The van der Waals surface area contributed by atoms with Gasteiger partial charge in [0, 0.05) is 11.8 Å². The van der Waals surface area contributed by atoms with Crippen molar-refractivity contribution in [3.05, 3.63) is 70.8 Å². The molecule has 1 amide bonds. The van der Waals surface area contributed by atoms with Gasteiger partial charge in [0.15, 0.2) is 6.61 Å². The van der Waals surface area contributed by atoms with Crippen LogP contribution in [0.5, 0.6) is 0 Å². The molecule has 0 aliphatic heterocycles. The molecule has 5 nitrogen and oxygen atoms in total. The number of hydrogen-bond donors (Lipinski definition) is 1. The Bertz CT molecular complexity index is 811. The molecule has 0 atom stereocenters. The fourth-order valence-electron chi connectivity index (χ4n) is 1.79. The Kier molecular flexibility index (Phi) is 6.12. The lowest BCUT2D eigenvalue weighted by Gasteiger charge is -2.06. The number of ether oxygens (including phenoxy) is 1. The Morgan fingerprint density at radius 3 is 2.62 bits per heavy atom. The van der Waals surface area contributed by atoms with E-state index in [4.69, 9.17) is 21.6 Å². The van der Waals surface area contributed by atoms with E-state index in [0.29, 0.717) is 11.3 Å². The monoisotopic (exact) mass is 340 g/mol. The van der Waals surface area contributed by atoms with Crippen LogP contribution in [0.1, 0.15) is 11.1 Å². The van der Waals surface area contributed by atoms with E-state index < -0.39 is 18.5 Å². The standard InChI is InChI=1S/C18H13ClN2O3/c19-16-10-15(8-7-14(16)11-20)21-17(22)12-24-18(23)9-6-13-4-2-1-3-5-13/h1-10H,12H2,(H,21,22)/b9-6+. The molecular weight excluding hydrogens is 328 g/mol. The van der Waals surface area contributed by atoms with Crippen LogP contribution in [0.25, 0.3) is 6.08 Å². The largest absolute Gasteiger partial charge is 0.452 e. The van der Waals surface area contributed by atoms with Gasteiger partial charge >= 0.3 is 5.97 Å². The number of esters is 1. The maximum Gasteiger partial charge on any atom is 0.331 e. The zero-order valence-electron chi connectivity index (χ0n) is 12.5. The molecule has 2 aromatic carbocycles. The lowest BCUT2D eigenvalue weighted by Crippen LogP contribution is -2.20. The SMILES string of the molecule is N#Cc1ccc(NC(=O)COC(=O)/C=C/c2ccccc2)cc1Cl. The van der Waals surface area contributed by atoms with Crippen LogP contribution < -0.4 is 5.32 Å². The molecule has 0 aliphatic carbocycles. The number of carbonyl (C=O) groups excluding carboxylic acids is 2. The molecule has 0 bridgehead atoms. The average molecular weight is 341 g/mol. The maximum absolute atomic E-state index is 11.7. The number of nitriles is 1. The average Bonchev–Trinajstić information content (AvgIpc) is 2.59. The number of halogens is 1. The van der Waals surface area contributed by atoms with E-state index in [1.165, 1.54) is 18.2 Å². The summed E-state index contributed by atoms with van der Waals surface area (Å²) in [6.45, 7) is -0.421. The quantitative estimate of drug-likeness (QED) is 0.668. The number of hydrogen-bond acceptors (Lipinski definition) is 4. The van der Waals surface area contributed by atoms with Crippen molar-refractivity contribution in [2.45, 2.75) is 0 Å². The van der Waals surface area contributed by atoms with E-state index in [-0.39, 0.29) is 5.02 Å². The van der Waals surface area contributed by atoms with Gasteiger partial charge in [-0.1, -0.05) is 41.9 Å². The van der Waals surface area contributed by atoms with Crippen molar-refractivity contribution in [3.8, 4) is 6.07 Å². The zero-order valence-corrected chi connectivity index (χ0v) is 13.3. The van der Waals surface area contributed by atoms with Crippen molar-refractivity contribution in [1.29, 1.82) is 5.26 Å². The van der Waals surface area contributed by atoms with Crippen LogP contribution in [0.4, 0.5) is 5.69 Å². The Morgan fingerprint density at radius 2 is 1.96 bits per heavy atom. The van der Waals surface area contributed by atoms with E-state index in [1.54, 1.807) is 12.1 Å². The molecule has 0 saturated carbocycles. The van der Waals surface area contributed by atoms with E-state index in [2.05, 4.69) is 5.32 Å². The highest BCUT2D eigenvalue weighted by atomic mass is 35.5. The van der Waals surface area contributed by atoms with Crippen molar-refractivity contribution >= 4 is 35.2 Å².